The van der Waals surface area contributed by atoms with Crippen molar-refractivity contribution >= 4 is 5.91 Å². The van der Waals surface area contributed by atoms with Gasteiger partial charge in [-0.05, 0) is 30.5 Å². The average Bonchev–Trinajstić information content (AvgIpc) is 2.34. The van der Waals surface area contributed by atoms with Gasteiger partial charge in [0.15, 0.2) is 0 Å². The van der Waals surface area contributed by atoms with Gasteiger partial charge in [-0.1, -0.05) is 19.4 Å². The van der Waals surface area contributed by atoms with Crippen molar-refractivity contribution in [3.05, 3.63) is 28.8 Å². The molecule has 0 saturated heterocycles. The van der Waals surface area contributed by atoms with Crippen LogP contribution in [0.15, 0.2) is 12.1 Å². The summed E-state index contributed by atoms with van der Waals surface area (Å²) in [6, 6.07) is 3.44. The van der Waals surface area contributed by atoms with Crippen molar-refractivity contribution in [2.75, 3.05) is 13.7 Å². The molecule has 20 heavy (non-hydrogen) atoms. The summed E-state index contributed by atoms with van der Waals surface area (Å²) < 4.78 is 41.7. The summed E-state index contributed by atoms with van der Waals surface area (Å²) in [5.41, 5.74) is 1.78. The van der Waals surface area contributed by atoms with E-state index in [1.807, 2.05) is 19.2 Å². The Balaban J connectivity index is 3.10. The molecular weight excluding hydrogens is 271 g/mol. The predicted octanol–water partition coefficient (Wildman–Crippen LogP) is 3.25. The van der Waals surface area contributed by atoms with E-state index in [1.54, 1.807) is 12.1 Å². The molecule has 0 radical (unpaired) electrons. The SMILES string of the molecule is CCCc1cc(C)cc(OC)c1C(=O)NCC(F)(F)F. The molecule has 3 nitrogen and oxygen atoms in total. The van der Waals surface area contributed by atoms with Crippen LogP contribution >= 0.6 is 0 Å². The quantitative estimate of drug-likeness (QED) is 0.903. The maximum Gasteiger partial charge on any atom is 0.405 e. The third-order valence-electron chi connectivity index (χ3n) is 2.74. The summed E-state index contributed by atoms with van der Waals surface area (Å²) in [6.07, 6.45) is -3.04. The summed E-state index contributed by atoms with van der Waals surface area (Å²) in [5.74, 6) is -0.462. The summed E-state index contributed by atoms with van der Waals surface area (Å²) in [6.45, 7) is 2.43. The normalized spacial score (nSPS) is 11.3. The molecule has 6 heteroatoms. The van der Waals surface area contributed by atoms with E-state index in [1.165, 1.54) is 7.11 Å². The monoisotopic (exact) mass is 289 g/mol. The second kappa shape index (κ2) is 6.63. The van der Waals surface area contributed by atoms with Gasteiger partial charge in [0.2, 0.25) is 0 Å². The molecule has 0 aliphatic heterocycles. The van der Waals surface area contributed by atoms with Gasteiger partial charge in [0.05, 0.1) is 12.7 Å². The van der Waals surface area contributed by atoms with E-state index >= 15 is 0 Å². The first-order valence-corrected chi connectivity index (χ1v) is 6.31. The molecule has 0 fully saturated rings. The van der Waals surface area contributed by atoms with Crippen molar-refractivity contribution in [3.8, 4) is 5.75 Å². The van der Waals surface area contributed by atoms with Gasteiger partial charge < -0.3 is 10.1 Å². The molecule has 0 heterocycles. The maximum absolute atomic E-state index is 12.2. The fourth-order valence-electron chi connectivity index (χ4n) is 1.98. The van der Waals surface area contributed by atoms with E-state index in [0.717, 1.165) is 12.0 Å². The highest BCUT2D eigenvalue weighted by molar-refractivity contribution is 5.98. The van der Waals surface area contributed by atoms with Gasteiger partial charge >= 0.3 is 6.18 Å². The van der Waals surface area contributed by atoms with Crippen LogP contribution in [0.5, 0.6) is 5.75 Å². The number of carbonyl (C=O) groups is 1. The number of halogens is 3. The zero-order valence-electron chi connectivity index (χ0n) is 11.7. The van der Waals surface area contributed by atoms with Gasteiger partial charge in [0.1, 0.15) is 12.3 Å². The van der Waals surface area contributed by atoms with Crippen molar-refractivity contribution < 1.29 is 22.7 Å². The van der Waals surface area contributed by atoms with E-state index in [2.05, 4.69) is 0 Å². The van der Waals surface area contributed by atoms with Crippen molar-refractivity contribution in [1.82, 2.24) is 5.32 Å². The Morgan fingerprint density at radius 1 is 1.35 bits per heavy atom. The van der Waals surface area contributed by atoms with Gasteiger partial charge in [-0.25, -0.2) is 0 Å². The van der Waals surface area contributed by atoms with Gasteiger partial charge in [-0.3, -0.25) is 4.79 Å². The van der Waals surface area contributed by atoms with Gasteiger partial charge in [-0.15, -0.1) is 0 Å². The standard InChI is InChI=1S/C14H18F3NO2/c1-4-5-10-6-9(2)7-11(20-3)12(10)13(19)18-8-14(15,16)17/h6-7H,4-5,8H2,1-3H3,(H,18,19). The highest BCUT2D eigenvalue weighted by Crippen LogP contribution is 2.26. The van der Waals surface area contributed by atoms with Crippen LogP contribution in [-0.4, -0.2) is 25.7 Å². The number of hydrogen-bond donors (Lipinski definition) is 1. The molecule has 1 aromatic rings. The Kier molecular flexibility index (Phi) is 5.42. The highest BCUT2D eigenvalue weighted by Gasteiger charge is 2.29. The van der Waals surface area contributed by atoms with E-state index < -0.39 is 18.6 Å². The number of methoxy groups -OCH3 is 1. The first-order valence-electron chi connectivity index (χ1n) is 6.31. The molecule has 0 aromatic heterocycles. The Bertz CT molecular complexity index is 484. The Hall–Kier alpha value is -1.72. The first-order chi connectivity index (χ1) is 9.28. The minimum Gasteiger partial charge on any atom is -0.496 e. The van der Waals surface area contributed by atoms with Crippen LogP contribution < -0.4 is 10.1 Å². The molecule has 0 saturated carbocycles. The minimum absolute atomic E-state index is 0.184. The lowest BCUT2D eigenvalue weighted by atomic mass is 9.98. The molecule has 0 aliphatic rings. The lowest BCUT2D eigenvalue weighted by Gasteiger charge is -2.15. The zero-order chi connectivity index (χ0) is 15.3. The lowest BCUT2D eigenvalue weighted by Crippen LogP contribution is -2.34. The number of nitrogens with one attached hydrogen (secondary N) is 1. The Morgan fingerprint density at radius 3 is 2.50 bits per heavy atom. The van der Waals surface area contributed by atoms with E-state index in [9.17, 15) is 18.0 Å². The van der Waals surface area contributed by atoms with Crippen LogP contribution in [0.4, 0.5) is 13.2 Å². The molecule has 0 aliphatic carbocycles. The van der Waals surface area contributed by atoms with Crippen LogP contribution in [0.3, 0.4) is 0 Å². The molecule has 0 atom stereocenters. The van der Waals surface area contributed by atoms with Crippen molar-refractivity contribution in [2.45, 2.75) is 32.9 Å². The van der Waals surface area contributed by atoms with Crippen LogP contribution in [0.1, 0.15) is 34.8 Å². The largest absolute Gasteiger partial charge is 0.496 e. The highest BCUT2D eigenvalue weighted by atomic mass is 19.4. The van der Waals surface area contributed by atoms with Gasteiger partial charge in [0.25, 0.3) is 5.91 Å². The fraction of sp³-hybridized carbons (Fsp3) is 0.500. The summed E-state index contributed by atoms with van der Waals surface area (Å²) in [5, 5.41) is 1.89. The van der Waals surface area contributed by atoms with Crippen LogP contribution in [0.2, 0.25) is 0 Å². The topological polar surface area (TPSA) is 38.3 Å². The number of carbonyl (C=O) groups excluding carboxylic acids is 1. The molecular formula is C14H18F3NO2. The number of hydrogen-bond acceptors (Lipinski definition) is 2. The average molecular weight is 289 g/mol. The first kappa shape index (κ1) is 16.3. The molecule has 1 amide bonds. The second-order valence-electron chi connectivity index (χ2n) is 4.55. The number of amides is 1. The Labute approximate surface area is 116 Å². The summed E-state index contributed by atoms with van der Waals surface area (Å²) in [7, 11) is 1.39. The lowest BCUT2D eigenvalue weighted by molar-refractivity contribution is -0.123. The number of aryl methyl sites for hydroxylation is 2. The minimum atomic E-state index is -4.43. The molecule has 112 valence electrons. The Morgan fingerprint density at radius 2 is 2.00 bits per heavy atom. The summed E-state index contributed by atoms with van der Waals surface area (Å²) in [4.78, 5) is 12.0. The molecule has 1 aromatic carbocycles. The van der Waals surface area contributed by atoms with E-state index in [0.29, 0.717) is 17.7 Å². The maximum atomic E-state index is 12.2. The number of benzene rings is 1. The molecule has 0 unspecified atom stereocenters. The molecule has 1 N–H and O–H groups in total. The van der Waals surface area contributed by atoms with Gasteiger partial charge in [-0.2, -0.15) is 13.2 Å². The van der Waals surface area contributed by atoms with Crippen LogP contribution in [0.25, 0.3) is 0 Å². The molecule has 0 spiro atoms. The van der Waals surface area contributed by atoms with Crippen molar-refractivity contribution in [1.29, 1.82) is 0 Å². The third kappa shape index (κ3) is 4.43. The van der Waals surface area contributed by atoms with Crippen molar-refractivity contribution in [3.63, 3.8) is 0 Å². The predicted molar refractivity (Wildman–Crippen MR) is 70.1 cm³/mol. The fourth-order valence-corrected chi connectivity index (χ4v) is 1.98. The van der Waals surface area contributed by atoms with Gasteiger partial charge in [0, 0.05) is 0 Å². The molecule has 1 rings (SSSR count). The number of alkyl halides is 3. The van der Waals surface area contributed by atoms with E-state index in [4.69, 9.17) is 4.74 Å². The smallest absolute Gasteiger partial charge is 0.405 e. The van der Waals surface area contributed by atoms with Crippen molar-refractivity contribution in [2.24, 2.45) is 0 Å². The van der Waals surface area contributed by atoms with E-state index in [-0.39, 0.29) is 5.56 Å². The number of rotatable bonds is 5. The molecule has 0 bridgehead atoms. The number of ether oxygens (including phenoxy) is 1. The summed E-state index contributed by atoms with van der Waals surface area (Å²) >= 11 is 0. The zero-order valence-corrected chi connectivity index (χ0v) is 11.7. The second-order valence-corrected chi connectivity index (χ2v) is 4.55. The van der Waals surface area contributed by atoms with Crippen LogP contribution in [-0.2, 0) is 6.42 Å². The third-order valence-corrected chi connectivity index (χ3v) is 2.74. The van der Waals surface area contributed by atoms with Crippen LogP contribution in [0, 0.1) is 6.92 Å².